The fraction of sp³-hybridized carbons (Fsp3) is 0.500. The third kappa shape index (κ3) is 2.48. The Balaban J connectivity index is 1.70. The number of ether oxygens (including phenoxy) is 2. The van der Waals surface area contributed by atoms with Crippen LogP contribution in [0, 0.1) is 11.8 Å². The van der Waals surface area contributed by atoms with Gasteiger partial charge in [-0.15, -0.1) is 0 Å². The number of hydrogen-bond acceptors (Lipinski definition) is 4. The van der Waals surface area contributed by atoms with E-state index in [2.05, 4.69) is 5.32 Å². The molecule has 0 atom stereocenters. The van der Waals surface area contributed by atoms with Crippen molar-refractivity contribution in [3.63, 3.8) is 0 Å². The van der Waals surface area contributed by atoms with Crippen LogP contribution in [0.3, 0.4) is 0 Å². The van der Waals surface area contributed by atoms with Gasteiger partial charge in [-0.1, -0.05) is 0 Å². The summed E-state index contributed by atoms with van der Waals surface area (Å²) < 4.78 is 11.1. The molecular weight excluding hydrogens is 270 g/mol. The van der Waals surface area contributed by atoms with Crippen molar-refractivity contribution in [1.82, 2.24) is 0 Å². The van der Waals surface area contributed by atoms with Crippen molar-refractivity contribution in [1.29, 1.82) is 0 Å². The molecule has 1 aromatic carbocycles. The first-order chi connectivity index (χ1) is 10.2. The molecule has 0 unspecified atom stereocenters. The quantitative estimate of drug-likeness (QED) is 0.864. The number of amides is 1. The van der Waals surface area contributed by atoms with Crippen molar-refractivity contribution in [3.05, 3.63) is 17.7 Å². The molecule has 5 heteroatoms. The van der Waals surface area contributed by atoms with Crippen LogP contribution in [0.5, 0.6) is 11.5 Å². The Labute approximate surface area is 122 Å². The lowest BCUT2D eigenvalue weighted by atomic mass is 10.0. The first-order valence-electron chi connectivity index (χ1n) is 7.51. The normalized spacial score (nSPS) is 20.0. The zero-order chi connectivity index (χ0) is 14.4. The van der Waals surface area contributed by atoms with Crippen LogP contribution < -0.4 is 14.8 Å². The second kappa shape index (κ2) is 4.76. The molecule has 1 aliphatic heterocycles. The molecule has 0 aromatic heterocycles. The predicted octanol–water partition coefficient (Wildman–Crippen LogP) is 2.40. The smallest absolute Gasteiger partial charge is 0.227 e. The van der Waals surface area contributed by atoms with Crippen molar-refractivity contribution >= 4 is 17.4 Å². The summed E-state index contributed by atoms with van der Waals surface area (Å²) in [6.07, 6.45) is 3.73. The highest BCUT2D eigenvalue weighted by Gasteiger charge is 2.35. The largest absolute Gasteiger partial charge is 0.486 e. The van der Waals surface area contributed by atoms with Gasteiger partial charge in [-0.3, -0.25) is 9.59 Å². The first-order valence-corrected chi connectivity index (χ1v) is 7.51. The van der Waals surface area contributed by atoms with E-state index in [1.807, 2.05) is 0 Å². The maximum atomic E-state index is 12.4. The minimum atomic E-state index is -0.00322. The summed E-state index contributed by atoms with van der Waals surface area (Å²) >= 11 is 0. The molecule has 1 N–H and O–H groups in total. The Bertz CT molecular complexity index is 617. The van der Waals surface area contributed by atoms with Gasteiger partial charge in [0.1, 0.15) is 13.2 Å². The highest BCUT2D eigenvalue weighted by molar-refractivity contribution is 6.08. The minimum Gasteiger partial charge on any atom is -0.486 e. The summed E-state index contributed by atoms with van der Waals surface area (Å²) in [7, 11) is 0. The van der Waals surface area contributed by atoms with Crippen molar-refractivity contribution in [2.75, 3.05) is 18.5 Å². The Morgan fingerprint density at radius 1 is 0.952 bits per heavy atom. The highest BCUT2D eigenvalue weighted by Crippen LogP contribution is 2.41. The van der Waals surface area contributed by atoms with Crippen molar-refractivity contribution in [2.24, 2.45) is 11.8 Å². The maximum Gasteiger partial charge on any atom is 0.227 e. The summed E-state index contributed by atoms with van der Waals surface area (Å²) in [6, 6.07) is 3.45. The van der Waals surface area contributed by atoms with Gasteiger partial charge in [0.05, 0.1) is 5.69 Å². The number of rotatable bonds is 4. The standard InChI is InChI=1S/C16H17NO4/c18-15(9-1-2-9)11-7-13-14(21-6-5-20-13)8-12(11)17-16(19)10-3-4-10/h7-10H,1-6H2,(H,17,19). The van der Waals surface area contributed by atoms with Gasteiger partial charge < -0.3 is 14.8 Å². The summed E-state index contributed by atoms with van der Waals surface area (Å²) in [6.45, 7) is 0.969. The highest BCUT2D eigenvalue weighted by atomic mass is 16.6. The molecule has 0 radical (unpaired) electrons. The minimum absolute atomic E-state index is 0.00322. The molecule has 3 aliphatic rings. The molecule has 5 nitrogen and oxygen atoms in total. The molecule has 1 aromatic rings. The van der Waals surface area contributed by atoms with Gasteiger partial charge >= 0.3 is 0 Å². The number of benzene rings is 1. The van der Waals surface area contributed by atoms with Crippen LogP contribution in [-0.4, -0.2) is 24.9 Å². The Kier molecular flexibility index (Phi) is 2.87. The van der Waals surface area contributed by atoms with E-state index in [4.69, 9.17) is 9.47 Å². The molecule has 2 saturated carbocycles. The second-order valence-electron chi connectivity index (χ2n) is 5.94. The van der Waals surface area contributed by atoms with Gasteiger partial charge in [0.2, 0.25) is 5.91 Å². The molecule has 4 rings (SSSR count). The molecule has 21 heavy (non-hydrogen) atoms. The van der Waals surface area contributed by atoms with Gasteiger partial charge in [-0.25, -0.2) is 0 Å². The number of carbonyl (C=O) groups is 2. The van der Waals surface area contributed by atoms with E-state index in [-0.39, 0.29) is 23.5 Å². The SMILES string of the molecule is O=C(Nc1cc2c(cc1C(=O)C1CC1)OCCO2)C1CC1. The molecule has 110 valence electrons. The zero-order valence-corrected chi connectivity index (χ0v) is 11.7. The van der Waals surface area contributed by atoms with Gasteiger partial charge in [0.15, 0.2) is 17.3 Å². The number of anilines is 1. The fourth-order valence-electron chi connectivity index (χ4n) is 2.54. The van der Waals surface area contributed by atoms with Crippen LogP contribution in [-0.2, 0) is 4.79 Å². The van der Waals surface area contributed by atoms with E-state index in [0.29, 0.717) is 36.0 Å². The van der Waals surface area contributed by atoms with Crippen molar-refractivity contribution < 1.29 is 19.1 Å². The van der Waals surface area contributed by atoms with E-state index >= 15 is 0 Å². The summed E-state index contributed by atoms with van der Waals surface area (Å²) in [5.74, 6) is 1.48. The van der Waals surface area contributed by atoms with Crippen LogP contribution in [0.1, 0.15) is 36.0 Å². The van der Waals surface area contributed by atoms with Crippen LogP contribution in [0.15, 0.2) is 12.1 Å². The third-order valence-corrected chi connectivity index (χ3v) is 4.10. The van der Waals surface area contributed by atoms with Gasteiger partial charge in [0.25, 0.3) is 0 Å². The number of fused-ring (bicyclic) bond motifs is 1. The topological polar surface area (TPSA) is 64.6 Å². The van der Waals surface area contributed by atoms with Gasteiger partial charge in [-0.2, -0.15) is 0 Å². The summed E-state index contributed by atoms with van der Waals surface area (Å²) in [4.78, 5) is 24.4. The Hall–Kier alpha value is -2.04. The second-order valence-corrected chi connectivity index (χ2v) is 5.94. The average Bonchev–Trinajstić information content (AvgIpc) is 3.38. The molecule has 2 aliphatic carbocycles. The van der Waals surface area contributed by atoms with Crippen molar-refractivity contribution in [3.8, 4) is 11.5 Å². The number of carbonyl (C=O) groups excluding carboxylic acids is 2. The molecule has 2 fully saturated rings. The lowest BCUT2D eigenvalue weighted by Crippen LogP contribution is -2.19. The molecule has 0 bridgehead atoms. The lowest BCUT2D eigenvalue weighted by molar-refractivity contribution is -0.117. The molecule has 1 amide bonds. The molecule has 0 saturated heterocycles. The van der Waals surface area contributed by atoms with Crippen LogP contribution >= 0.6 is 0 Å². The van der Waals surface area contributed by atoms with Crippen LogP contribution in [0.4, 0.5) is 5.69 Å². The van der Waals surface area contributed by atoms with E-state index in [9.17, 15) is 9.59 Å². The average molecular weight is 287 g/mol. The maximum absolute atomic E-state index is 12.4. The molecule has 1 heterocycles. The molecule has 0 spiro atoms. The monoisotopic (exact) mass is 287 g/mol. The number of nitrogens with one attached hydrogen (secondary N) is 1. The number of Topliss-reactive ketones (excluding diaryl/α,β-unsaturated/α-hetero) is 1. The number of hydrogen-bond donors (Lipinski definition) is 1. The van der Waals surface area contributed by atoms with E-state index in [1.54, 1.807) is 12.1 Å². The van der Waals surface area contributed by atoms with E-state index < -0.39 is 0 Å². The predicted molar refractivity (Wildman–Crippen MR) is 75.8 cm³/mol. The Morgan fingerprint density at radius 2 is 1.57 bits per heavy atom. The number of ketones is 1. The Morgan fingerprint density at radius 3 is 2.19 bits per heavy atom. The van der Waals surface area contributed by atoms with Gasteiger partial charge in [-0.05, 0) is 31.7 Å². The first kappa shape index (κ1) is 12.7. The summed E-state index contributed by atoms with van der Waals surface area (Å²) in [5.41, 5.74) is 1.11. The zero-order valence-electron chi connectivity index (χ0n) is 11.7. The van der Waals surface area contributed by atoms with Crippen LogP contribution in [0.25, 0.3) is 0 Å². The van der Waals surface area contributed by atoms with E-state index in [1.165, 1.54) is 0 Å². The van der Waals surface area contributed by atoms with Crippen LogP contribution in [0.2, 0.25) is 0 Å². The lowest BCUT2D eigenvalue weighted by Gasteiger charge is -2.21. The third-order valence-electron chi connectivity index (χ3n) is 4.10. The van der Waals surface area contributed by atoms with E-state index in [0.717, 1.165) is 25.7 Å². The van der Waals surface area contributed by atoms with Crippen molar-refractivity contribution in [2.45, 2.75) is 25.7 Å². The molecular formula is C16H17NO4. The summed E-state index contributed by atoms with van der Waals surface area (Å²) in [5, 5.41) is 2.89. The fourth-order valence-corrected chi connectivity index (χ4v) is 2.54. The van der Waals surface area contributed by atoms with Gasteiger partial charge in [0, 0.05) is 23.5 Å².